The number of hydrogen-bond acceptors (Lipinski definition) is 2. The maximum atomic E-state index is 11.8. The maximum Gasteiger partial charge on any atom is 0.271 e. The molecule has 1 aromatic rings. The zero-order valence-electron chi connectivity index (χ0n) is 10.3. The third kappa shape index (κ3) is 4.08. The summed E-state index contributed by atoms with van der Waals surface area (Å²) in [6.45, 7) is 0. The Labute approximate surface area is 122 Å². The average molecular weight is 297 g/mol. The molecule has 1 aliphatic carbocycles. The highest BCUT2D eigenvalue weighted by molar-refractivity contribution is 6.42. The Morgan fingerprint density at radius 3 is 2.84 bits per heavy atom. The van der Waals surface area contributed by atoms with E-state index in [1.54, 1.807) is 18.3 Å². The molecule has 3 nitrogen and oxygen atoms in total. The number of nitrogens with zero attached hydrogens (tertiary/aromatic N) is 1. The first-order valence-electron chi connectivity index (χ1n) is 6.10. The molecule has 0 bridgehead atoms. The molecule has 0 aromatic heterocycles. The van der Waals surface area contributed by atoms with Gasteiger partial charge < -0.3 is 0 Å². The first-order valence-corrected chi connectivity index (χ1v) is 6.86. The van der Waals surface area contributed by atoms with Gasteiger partial charge in [-0.3, -0.25) is 4.79 Å². The minimum absolute atomic E-state index is 0.291. The molecule has 0 fully saturated rings. The number of hydrazone groups is 1. The molecule has 5 heteroatoms. The molecule has 0 spiro atoms. The molecule has 1 aromatic carbocycles. The lowest BCUT2D eigenvalue weighted by atomic mass is 9.96. The third-order valence-electron chi connectivity index (χ3n) is 2.94. The van der Waals surface area contributed by atoms with Crippen molar-refractivity contribution in [3.8, 4) is 0 Å². The SMILES string of the molecule is O=C(N/N=C\[C@H]1CC=CCC1)c1ccc(Cl)c(Cl)c1. The first kappa shape index (κ1) is 14.1. The van der Waals surface area contributed by atoms with E-state index in [0.717, 1.165) is 19.3 Å². The predicted octanol–water partition coefficient (Wildman–Crippen LogP) is 4.07. The molecule has 1 amide bonds. The second kappa shape index (κ2) is 6.73. The molecule has 2 rings (SSSR count). The minimum Gasteiger partial charge on any atom is -0.267 e. The fraction of sp³-hybridized carbons (Fsp3) is 0.286. The number of carbonyl (C=O) groups is 1. The molecule has 0 heterocycles. The van der Waals surface area contributed by atoms with Crippen LogP contribution < -0.4 is 5.43 Å². The van der Waals surface area contributed by atoms with E-state index in [2.05, 4.69) is 22.7 Å². The fourth-order valence-corrected chi connectivity index (χ4v) is 2.15. The van der Waals surface area contributed by atoms with E-state index in [-0.39, 0.29) is 5.91 Å². The lowest BCUT2D eigenvalue weighted by Gasteiger charge is -2.11. The van der Waals surface area contributed by atoms with Gasteiger partial charge in [-0.15, -0.1) is 0 Å². The van der Waals surface area contributed by atoms with Crippen molar-refractivity contribution in [1.29, 1.82) is 0 Å². The zero-order chi connectivity index (χ0) is 13.7. The summed E-state index contributed by atoms with van der Waals surface area (Å²) >= 11 is 11.6. The van der Waals surface area contributed by atoms with Gasteiger partial charge >= 0.3 is 0 Å². The summed E-state index contributed by atoms with van der Waals surface area (Å²) in [7, 11) is 0. The maximum absolute atomic E-state index is 11.8. The molecule has 1 atom stereocenters. The Morgan fingerprint density at radius 2 is 2.16 bits per heavy atom. The van der Waals surface area contributed by atoms with Crippen LogP contribution in [0.1, 0.15) is 29.6 Å². The normalized spacial score (nSPS) is 18.7. The van der Waals surface area contributed by atoms with Crippen molar-refractivity contribution in [2.45, 2.75) is 19.3 Å². The number of halogens is 2. The quantitative estimate of drug-likeness (QED) is 0.510. The van der Waals surface area contributed by atoms with Crippen LogP contribution in [0.3, 0.4) is 0 Å². The van der Waals surface area contributed by atoms with E-state index in [1.807, 2.05) is 0 Å². The summed E-state index contributed by atoms with van der Waals surface area (Å²) in [5.74, 6) is 0.111. The van der Waals surface area contributed by atoms with E-state index >= 15 is 0 Å². The van der Waals surface area contributed by atoms with Gasteiger partial charge in [0.1, 0.15) is 0 Å². The van der Waals surface area contributed by atoms with E-state index in [4.69, 9.17) is 23.2 Å². The number of carbonyl (C=O) groups excluding carboxylic acids is 1. The van der Waals surface area contributed by atoms with Crippen LogP contribution in [-0.2, 0) is 0 Å². The summed E-state index contributed by atoms with van der Waals surface area (Å²) in [5, 5.41) is 4.77. The van der Waals surface area contributed by atoms with Gasteiger partial charge in [0.05, 0.1) is 10.0 Å². The van der Waals surface area contributed by atoms with Crippen LogP contribution in [0.5, 0.6) is 0 Å². The van der Waals surface area contributed by atoms with Gasteiger partial charge in [-0.2, -0.15) is 5.10 Å². The second-order valence-corrected chi connectivity index (χ2v) is 5.21. The van der Waals surface area contributed by atoms with Crippen molar-refractivity contribution >= 4 is 35.3 Å². The van der Waals surface area contributed by atoms with Crippen molar-refractivity contribution in [3.63, 3.8) is 0 Å². The van der Waals surface area contributed by atoms with Crippen LogP contribution in [0.15, 0.2) is 35.5 Å². The van der Waals surface area contributed by atoms with Crippen LogP contribution in [-0.4, -0.2) is 12.1 Å². The summed E-state index contributed by atoms with van der Waals surface area (Å²) in [6.07, 6.45) is 9.21. The van der Waals surface area contributed by atoms with E-state index in [1.165, 1.54) is 6.07 Å². The Kier molecular flexibility index (Phi) is 5.00. The fourth-order valence-electron chi connectivity index (χ4n) is 1.86. The summed E-state index contributed by atoms with van der Waals surface area (Å²) in [5.41, 5.74) is 2.94. The van der Waals surface area contributed by atoms with Crippen LogP contribution in [0.4, 0.5) is 0 Å². The second-order valence-electron chi connectivity index (χ2n) is 4.39. The monoisotopic (exact) mass is 296 g/mol. The topological polar surface area (TPSA) is 41.5 Å². The molecule has 0 saturated carbocycles. The Balaban J connectivity index is 1.91. The molecule has 100 valence electrons. The molecule has 19 heavy (non-hydrogen) atoms. The summed E-state index contributed by atoms with van der Waals surface area (Å²) < 4.78 is 0. The van der Waals surface area contributed by atoms with E-state index < -0.39 is 0 Å². The van der Waals surface area contributed by atoms with E-state index in [9.17, 15) is 4.79 Å². The Bertz CT molecular complexity index is 526. The van der Waals surface area contributed by atoms with Gasteiger partial charge in [0.15, 0.2) is 0 Å². The van der Waals surface area contributed by atoms with Gasteiger partial charge in [0.25, 0.3) is 5.91 Å². The number of allylic oxidation sites excluding steroid dienone is 2. The minimum atomic E-state index is -0.291. The lowest BCUT2D eigenvalue weighted by Crippen LogP contribution is -2.18. The predicted molar refractivity (Wildman–Crippen MR) is 78.9 cm³/mol. The Morgan fingerprint density at radius 1 is 1.32 bits per heavy atom. The first-order chi connectivity index (χ1) is 9.16. The molecule has 0 radical (unpaired) electrons. The molecule has 0 saturated heterocycles. The number of benzene rings is 1. The van der Waals surface area contributed by atoms with Crippen molar-refractivity contribution in [2.75, 3.05) is 0 Å². The smallest absolute Gasteiger partial charge is 0.267 e. The number of amides is 1. The van der Waals surface area contributed by atoms with Crippen molar-refractivity contribution < 1.29 is 4.79 Å². The van der Waals surface area contributed by atoms with Gasteiger partial charge in [0, 0.05) is 11.8 Å². The molecule has 0 aliphatic heterocycles. The highest BCUT2D eigenvalue weighted by Crippen LogP contribution is 2.22. The largest absolute Gasteiger partial charge is 0.271 e. The highest BCUT2D eigenvalue weighted by Gasteiger charge is 2.08. The highest BCUT2D eigenvalue weighted by atomic mass is 35.5. The molecular formula is C14H14Cl2N2O. The summed E-state index contributed by atoms with van der Waals surface area (Å²) in [6, 6.07) is 4.73. The van der Waals surface area contributed by atoms with Crippen LogP contribution in [0.2, 0.25) is 10.0 Å². The lowest BCUT2D eigenvalue weighted by molar-refractivity contribution is 0.0955. The van der Waals surface area contributed by atoms with E-state index in [0.29, 0.717) is 21.5 Å². The average Bonchev–Trinajstić information content (AvgIpc) is 2.43. The van der Waals surface area contributed by atoms with Gasteiger partial charge in [0.2, 0.25) is 0 Å². The van der Waals surface area contributed by atoms with Crippen LogP contribution in [0.25, 0.3) is 0 Å². The number of hydrogen-bond donors (Lipinski definition) is 1. The van der Waals surface area contributed by atoms with Crippen molar-refractivity contribution in [2.24, 2.45) is 11.0 Å². The number of nitrogens with one attached hydrogen (secondary N) is 1. The van der Waals surface area contributed by atoms with Gasteiger partial charge in [-0.1, -0.05) is 35.4 Å². The molecule has 1 aliphatic rings. The third-order valence-corrected chi connectivity index (χ3v) is 3.68. The standard InChI is InChI=1S/C14H14Cl2N2O/c15-12-7-6-11(8-13(12)16)14(19)18-17-9-10-4-2-1-3-5-10/h1-2,6-10H,3-5H2,(H,18,19)/b17-9-/t10-/m0/s1. The molecular weight excluding hydrogens is 283 g/mol. The summed E-state index contributed by atoms with van der Waals surface area (Å²) in [4.78, 5) is 11.8. The van der Waals surface area contributed by atoms with Gasteiger partial charge in [-0.05, 0) is 43.4 Å². The number of rotatable bonds is 3. The van der Waals surface area contributed by atoms with Gasteiger partial charge in [-0.25, -0.2) is 5.43 Å². The van der Waals surface area contributed by atoms with Crippen molar-refractivity contribution in [3.05, 3.63) is 46.0 Å². The van der Waals surface area contributed by atoms with Crippen molar-refractivity contribution in [1.82, 2.24) is 5.43 Å². The zero-order valence-corrected chi connectivity index (χ0v) is 11.8. The molecule has 0 unspecified atom stereocenters. The van der Waals surface area contributed by atoms with Crippen LogP contribution in [0, 0.1) is 5.92 Å². The van der Waals surface area contributed by atoms with Crippen LogP contribution >= 0.6 is 23.2 Å². The molecule has 1 N–H and O–H groups in total. The Hall–Kier alpha value is -1.32.